The molecule has 2 aromatic rings. The summed E-state index contributed by atoms with van der Waals surface area (Å²) in [5.74, 6) is -0.817. The first-order valence-electron chi connectivity index (χ1n) is 11.5. The number of nitrogen functional groups attached to an aromatic ring is 1. The van der Waals surface area contributed by atoms with Gasteiger partial charge in [-0.25, -0.2) is 4.79 Å². The topological polar surface area (TPSA) is 126 Å². The van der Waals surface area contributed by atoms with Crippen molar-refractivity contribution in [2.75, 3.05) is 46.1 Å². The molecule has 1 saturated heterocycles. The number of nitrogens with zero attached hydrogens (tertiary/aromatic N) is 1. The largest absolute Gasteiger partial charge is 0.496 e. The Morgan fingerprint density at radius 2 is 1.97 bits per heavy atom. The van der Waals surface area contributed by atoms with Gasteiger partial charge in [0.1, 0.15) is 5.75 Å². The molecule has 9 nitrogen and oxygen atoms in total. The maximum absolute atomic E-state index is 12.9. The summed E-state index contributed by atoms with van der Waals surface area (Å²) in [5.41, 5.74) is 7.85. The molecule has 1 fully saturated rings. The molecule has 1 aliphatic rings. The zero-order valence-corrected chi connectivity index (χ0v) is 20.8. The van der Waals surface area contributed by atoms with E-state index in [9.17, 15) is 9.59 Å². The summed E-state index contributed by atoms with van der Waals surface area (Å²) >= 11 is 6.11. The van der Waals surface area contributed by atoms with Crippen molar-refractivity contribution in [1.82, 2.24) is 15.5 Å². The number of hydrogen-bond donors (Lipinski definition) is 4. The van der Waals surface area contributed by atoms with Gasteiger partial charge in [-0.2, -0.15) is 0 Å². The Balaban J connectivity index is 1.43. The number of aromatic carboxylic acids is 1. The zero-order valence-electron chi connectivity index (χ0n) is 20.1. The van der Waals surface area contributed by atoms with Crippen LogP contribution in [0, 0.1) is 0 Å². The number of carboxylic acid groups (broad SMARTS) is 1. The van der Waals surface area contributed by atoms with E-state index in [1.54, 1.807) is 25.3 Å². The molecule has 0 spiro atoms. The third-order valence-corrected chi connectivity index (χ3v) is 6.51. The lowest BCUT2D eigenvalue weighted by Crippen LogP contribution is -2.55. The molecule has 0 radical (unpaired) electrons. The molecule has 0 aromatic heterocycles. The summed E-state index contributed by atoms with van der Waals surface area (Å²) in [4.78, 5) is 26.2. The number of anilines is 1. The standard InChI is InChI=1S/C25H33ClN4O5/c1-34-22-13-20(27)19(26)12-18(22)24(31)29-21-8-11-30(15-23(21)35-2)10-3-9-28-14-16-4-6-17(7-5-16)25(32)33/h4-7,12-13,21,23,28H,3,8-11,14-15,27H2,1-2H3,(H,29,31)(H,32,33)/t21-,23+/m1/s1. The SMILES string of the molecule is COc1cc(N)c(Cl)cc1C(=O)N[C@@H]1CCN(CCCNCc2ccc(C(=O)O)cc2)C[C@@H]1OC. The van der Waals surface area contributed by atoms with Crippen LogP contribution >= 0.6 is 11.6 Å². The van der Waals surface area contributed by atoms with Crippen molar-refractivity contribution in [3.63, 3.8) is 0 Å². The normalized spacial score (nSPS) is 18.3. The van der Waals surface area contributed by atoms with Gasteiger partial charge in [0.15, 0.2) is 0 Å². The fourth-order valence-corrected chi connectivity index (χ4v) is 4.34. The van der Waals surface area contributed by atoms with Gasteiger partial charge in [0, 0.05) is 32.8 Å². The molecular weight excluding hydrogens is 472 g/mol. The molecule has 1 aliphatic heterocycles. The molecule has 35 heavy (non-hydrogen) atoms. The molecule has 1 heterocycles. The van der Waals surface area contributed by atoms with Crippen molar-refractivity contribution in [1.29, 1.82) is 0 Å². The van der Waals surface area contributed by atoms with E-state index in [4.69, 9.17) is 31.9 Å². The van der Waals surface area contributed by atoms with Crippen LogP contribution in [0.1, 0.15) is 39.1 Å². The molecule has 0 saturated carbocycles. The molecule has 190 valence electrons. The Morgan fingerprint density at radius 1 is 1.23 bits per heavy atom. The number of ether oxygens (including phenoxy) is 2. The van der Waals surface area contributed by atoms with Gasteiger partial charge in [0.05, 0.1) is 41.1 Å². The van der Waals surface area contributed by atoms with E-state index < -0.39 is 5.97 Å². The number of carbonyl (C=O) groups is 2. The summed E-state index contributed by atoms with van der Waals surface area (Å²) in [6, 6.07) is 9.83. The van der Waals surface area contributed by atoms with Crippen LogP contribution in [0.4, 0.5) is 5.69 Å². The van der Waals surface area contributed by atoms with Crippen molar-refractivity contribution < 1.29 is 24.2 Å². The molecule has 0 bridgehead atoms. The third kappa shape index (κ3) is 7.32. The van der Waals surface area contributed by atoms with Crippen molar-refractivity contribution in [3.05, 3.63) is 58.1 Å². The number of carboxylic acids is 1. The van der Waals surface area contributed by atoms with Crippen molar-refractivity contribution in [3.8, 4) is 5.75 Å². The fraction of sp³-hybridized carbons (Fsp3) is 0.440. The minimum absolute atomic E-state index is 0.128. The lowest BCUT2D eigenvalue weighted by atomic mass is 10.0. The number of nitrogens with one attached hydrogen (secondary N) is 2. The minimum Gasteiger partial charge on any atom is -0.496 e. The van der Waals surface area contributed by atoms with Crippen molar-refractivity contribution in [2.24, 2.45) is 0 Å². The van der Waals surface area contributed by atoms with Crippen LogP contribution in [0.2, 0.25) is 5.02 Å². The van der Waals surface area contributed by atoms with Gasteiger partial charge in [0.25, 0.3) is 5.91 Å². The van der Waals surface area contributed by atoms with E-state index in [0.29, 0.717) is 28.6 Å². The molecule has 0 unspecified atom stereocenters. The number of nitrogens with two attached hydrogens (primary N) is 1. The highest BCUT2D eigenvalue weighted by Gasteiger charge is 2.31. The number of halogens is 1. The van der Waals surface area contributed by atoms with E-state index >= 15 is 0 Å². The van der Waals surface area contributed by atoms with Crippen LogP contribution in [0.5, 0.6) is 5.75 Å². The first-order chi connectivity index (χ1) is 16.8. The quantitative estimate of drug-likeness (QED) is 0.272. The average molecular weight is 505 g/mol. The van der Waals surface area contributed by atoms with Crippen LogP contribution in [-0.4, -0.2) is 74.4 Å². The van der Waals surface area contributed by atoms with E-state index in [0.717, 1.165) is 44.6 Å². The van der Waals surface area contributed by atoms with Crippen molar-refractivity contribution >= 4 is 29.2 Å². The van der Waals surface area contributed by atoms with E-state index in [1.807, 2.05) is 12.1 Å². The lowest BCUT2D eigenvalue weighted by Gasteiger charge is -2.38. The van der Waals surface area contributed by atoms with E-state index in [1.165, 1.54) is 13.2 Å². The van der Waals surface area contributed by atoms with Crippen molar-refractivity contribution in [2.45, 2.75) is 31.5 Å². The highest BCUT2D eigenvalue weighted by atomic mass is 35.5. The third-order valence-electron chi connectivity index (χ3n) is 6.18. The van der Waals surface area contributed by atoms with E-state index in [2.05, 4.69) is 15.5 Å². The number of hydrogen-bond acceptors (Lipinski definition) is 7. The Kier molecular flexibility index (Phi) is 9.73. The number of rotatable bonds is 11. The summed E-state index contributed by atoms with van der Waals surface area (Å²) in [7, 11) is 3.14. The molecule has 1 amide bonds. The molecule has 2 aromatic carbocycles. The highest BCUT2D eigenvalue weighted by molar-refractivity contribution is 6.33. The summed E-state index contributed by atoms with van der Waals surface area (Å²) < 4.78 is 11.0. The smallest absolute Gasteiger partial charge is 0.335 e. The first-order valence-corrected chi connectivity index (χ1v) is 11.9. The van der Waals surface area contributed by atoms with Crippen LogP contribution in [0.3, 0.4) is 0 Å². The second-order valence-corrected chi connectivity index (χ2v) is 8.96. The summed E-state index contributed by atoms with van der Waals surface area (Å²) in [5, 5.41) is 15.7. The van der Waals surface area contributed by atoms with Crippen LogP contribution in [0.25, 0.3) is 0 Å². The second-order valence-electron chi connectivity index (χ2n) is 8.55. The summed E-state index contributed by atoms with van der Waals surface area (Å²) in [6.07, 6.45) is 1.59. The van der Waals surface area contributed by atoms with Gasteiger partial charge in [-0.15, -0.1) is 0 Å². The molecule has 3 rings (SSSR count). The number of methoxy groups -OCH3 is 2. The van der Waals surface area contributed by atoms with E-state index in [-0.39, 0.29) is 23.6 Å². The predicted octanol–water partition coefficient (Wildman–Crippen LogP) is 2.63. The molecule has 2 atom stereocenters. The predicted molar refractivity (Wildman–Crippen MR) is 135 cm³/mol. The average Bonchev–Trinajstić information content (AvgIpc) is 2.86. The molecular formula is C25H33ClN4O5. The minimum atomic E-state index is -0.920. The first kappa shape index (κ1) is 26.7. The van der Waals surface area contributed by atoms with Gasteiger partial charge in [-0.1, -0.05) is 23.7 Å². The fourth-order valence-electron chi connectivity index (χ4n) is 4.17. The van der Waals surface area contributed by atoms with Crippen LogP contribution < -0.4 is 21.1 Å². The summed E-state index contributed by atoms with van der Waals surface area (Å²) in [6.45, 7) is 4.01. The monoisotopic (exact) mass is 504 g/mol. The Labute approximate surface area is 210 Å². The van der Waals surface area contributed by atoms with Gasteiger partial charge in [0.2, 0.25) is 0 Å². The maximum atomic E-state index is 12.9. The number of likely N-dealkylation sites (tertiary alicyclic amines) is 1. The van der Waals surface area contributed by atoms with Crippen LogP contribution in [0.15, 0.2) is 36.4 Å². The molecule has 0 aliphatic carbocycles. The Hall–Kier alpha value is -2.85. The van der Waals surface area contributed by atoms with Gasteiger partial charge in [-0.05, 0) is 49.7 Å². The Morgan fingerprint density at radius 3 is 2.63 bits per heavy atom. The molecule has 5 N–H and O–H groups in total. The van der Waals surface area contributed by atoms with Gasteiger partial charge < -0.3 is 35.8 Å². The number of benzene rings is 2. The number of carbonyl (C=O) groups excluding carboxylic acids is 1. The number of amides is 1. The second kappa shape index (κ2) is 12.7. The lowest BCUT2D eigenvalue weighted by molar-refractivity contribution is 0.00616. The van der Waals surface area contributed by atoms with Gasteiger partial charge >= 0.3 is 5.97 Å². The molecule has 10 heteroatoms. The van der Waals surface area contributed by atoms with Crippen LogP contribution in [-0.2, 0) is 11.3 Å². The maximum Gasteiger partial charge on any atom is 0.335 e. The Bertz CT molecular complexity index is 1020. The highest BCUT2D eigenvalue weighted by Crippen LogP contribution is 2.29. The van der Waals surface area contributed by atoms with Gasteiger partial charge in [-0.3, -0.25) is 4.79 Å². The number of piperidine rings is 1. The zero-order chi connectivity index (χ0) is 25.4.